The van der Waals surface area contributed by atoms with E-state index >= 15 is 0 Å². The van der Waals surface area contributed by atoms with Crippen LogP contribution >= 0.6 is 0 Å². The molecule has 0 radical (unpaired) electrons. The van der Waals surface area contributed by atoms with Gasteiger partial charge in [0.05, 0.1) is 12.6 Å². The third-order valence-electron chi connectivity index (χ3n) is 4.86. The molecule has 2 N–H and O–H groups in total. The molecule has 0 spiro atoms. The van der Waals surface area contributed by atoms with E-state index in [2.05, 4.69) is 22.8 Å². The molecule has 1 amide bonds. The number of ether oxygens (including phenoxy) is 1. The lowest BCUT2D eigenvalue weighted by atomic mass is 9.74. The summed E-state index contributed by atoms with van der Waals surface area (Å²) >= 11 is 0. The summed E-state index contributed by atoms with van der Waals surface area (Å²) in [5.74, 6) is -3.14. The fraction of sp³-hybridized carbons (Fsp3) is 0.588. The minimum absolute atomic E-state index is 0.184. The number of rotatable bonds is 4. The van der Waals surface area contributed by atoms with Gasteiger partial charge in [-0.2, -0.15) is 0 Å². The van der Waals surface area contributed by atoms with Crippen molar-refractivity contribution in [3.05, 3.63) is 35.9 Å². The summed E-state index contributed by atoms with van der Waals surface area (Å²) < 4.78 is 31.9. The van der Waals surface area contributed by atoms with E-state index in [1.165, 1.54) is 0 Å². The largest absolute Gasteiger partial charge is 0.381 e. The summed E-state index contributed by atoms with van der Waals surface area (Å²) in [5, 5.41) is 5.48. The first kappa shape index (κ1) is 16.3. The van der Waals surface area contributed by atoms with E-state index in [0.717, 1.165) is 18.4 Å². The number of hydrogen-bond donors (Lipinski definition) is 2. The standard InChI is InChI=1S/C17H22F2N2O2/c18-17(19)10-14(20-12-17)15(22)21-11-16(6-8-23-9-7-16)13-4-2-1-3-5-13/h1-5,14,20H,6-12H2,(H,21,22). The van der Waals surface area contributed by atoms with Crippen LogP contribution in [0.5, 0.6) is 0 Å². The molecule has 4 nitrogen and oxygen atoms in total. The van der Waals surface area contributed by atoms with Crippen molar-refractivity contribution in [3.63, 3.8) is 0 Å². The lowest BCUT2D eigenvalue weighted by Crippen LogP contribution is -2.48. The van der Waals surface area contributed by atoms with Crippen LogP contribution < -0.4 is 10.6 Å². The van der Waals surface area contributed by atoms with Crippen molar-refractivity contribution in [1.82, 2.24) is 10.6 Å². The van der Waals surface area contributed by atoms with Crippen LogP contribution in [0.15, 0.2) is 30.3 Å². The fourth-order valence-corrected chi connectivity index (χ4v) is 3.40. The van der Waals surface area contributed by atoms with Crippen LogP contribution in [-0.2, 0) is 14.9 Å². The van der Waals surface area contributed by atoms with Crippen LogP contribution in [0.1, 0.15) is 24.8 Å². The molecular weight excluding hydrogens is 302 g/mol. The van der Waals surface area contributed by atoms with Gasteiger partial charge in [0.15, 0.2) is 0 Å². The average molecular weight is 324 g/mol. The molecule has 2 aliphatic heterocycles. The molecule has 126 valence electrons. The Balaban J connectivity index is 1.67. The van der Waals surface area contributed by atoms with Crippen molar-refractivity contribution >= 4 is 5.91 Å². The zero-order valence-corrected chi connectivity index (χ0v) is 13.0. The second kappa shape index (κ2) is 6.53. The summed E-state index contributed by atoms with van der Waals surface area (Å²) in [4.78, 5) is 12.2. The Kier molecular flexibility index (Phi) is 4.64. The summed E-state index contributed by atoms with van der Waals surface area (Å²) in [6.07, 6.45) is 1.19. The molecule has 3 rings (SSSR count). The van der Waals surface area contributed by atoms with Crippen molar-refractivity contribution in [3.8, 4) is 0 Å². The number of amides is 1. The molecule has 0 aromatic heterocycles. The molecule has 2 fully saturated rings. The van der Waals surface area contributed by atoms with Gasteiger partial charge in [0.1, 0.15) is 0 Å². The lowest BCUT2D eigenvalue weighted by Gasteiger charge is -2.38. The Labute approximate surface area is 134 Å². The van der Waals surface area contributed by atoms with Gasteiger partial charge in [-0.3, -0.25) is 10.1 Å². The number of carbonyl (C=O) groups excluding carboxylic acids is 1. The summed E-state index contributed by atoms with van der Waals surface area (Å²) in [7, 11) is 0. The van der Waals surface area contributed by atoms with E-state index in [-0.39, 0.29) is 11.3 Å². The van der Waals surface area contributed by atoms with Crippen molar-refractivity contribution in [2.24, 2.45) is 0 Å². The second-order valence-corrected chi connectivity index (χ2v) is 6.47. The molecule has 1 atom stereocenters. The van der Waals surface area contributed by atoms with Gasteiger partial charge in [-0.05, 0) is 18.4 Å². The second-order valence-electron chi connectivity index (χ2n) is 6.47. The Morgan fingerprint density at radius 1 is 1.26 bits per heavy atom. The van der Waals surface area contributed by atoms with Gasteiger partial charge >= 0.3 is 0 Å². The zero-order chi connectivity index (χ0) is 16.3. The van der Waals surface area contributed by atoms with Crippen LogP contribution in [-0.4, -0.2) is 44.2 Å². The van der Waals surface area contributed by atoms with Crippen LogP contribution in [0.25, 0.3) is 0 Å². The maximum atomic E-state index is 13.2. The highest BCUT2D eigenvalue weighted by Gasteiger charge is 2.43. The smallest absolute Gasteiger partial charge is 0.262 e. The van der Waals surface area contributed by atoms with E-state index in [1.807, 2.05) is 18.2 Å². The Morgan fingerprint density at radius 3 is 2.57 bits per heavy atom. The molecule has 23 heavy (non-hydrogen) atoms. The number of alkyl halides is 2. The monoisotopic (exact) mass is 324 g/mol. The van der Waals surface area contributed by atoms with Gasteiger partial charge in [0.2, 0.25) is 5.91 Å². The lowest BCUT2D eigenvalue weighted by molar-refractivity contribution is -0.123. The first-order valence-corrected chi connectivity index (χ1v) is 8.03. The average Bonchev–Trinajstić information content (AvgIpc) is 2.94. The summed E-state index contributed by atoms with van der Waals surface area (Å²) in [5.41, 5.74) is 0.976. The van der Waals surface area contributed by atoms with Crippen LogP contribution in [0.3, 0.4) is 0 Å². The summed E-state index contributed by atoms with van der Waals surface area (Å²) in [6.45, 7) is 1.31. The van der Waals surface area contributed by atoms with Gasteiger partial charge in [0, 0.05) is 31.6 Å². The predicted octanol–water partition coefficient (Wildman–Crippen LogP) is 1.85. The first-order valence-electron chi connectivity index (χ1n) is 8.03. The van der Waals surface area contributed by atoms with Crippen LogP contribution in [0, 0.1) is 0 Å². The molecule has 2 heterocycles. The SMILES string of the molecule is O=C(NCC1(c2ccccc2)CCOCC1)C1CC(F)(F)CN1. The molecular formula is C17H22F2N2O2. The van der Waals surface area contributed by atoms with Crippen molar-refractivity contribution in [2.45, 2.75) is 36.6 Å². The Morgan fingerprint density at radius 2 is 1.96 bits per heavy atom. The highest BCUT2D eigenvalue weighted by molar-refractivity contribution is 5.82. The predicted molar refractivity (Wildman–Crippen MR) is 82.5 cm³/mol. The van der Waals surface area contributed by atoms with Crippen molar-refractivity contribution in [2.75, 3.05) is 26.3 Å². The molecule has 1 unspecified atom stereocenters. The number of nitrogens with one attached hydrogen (secondary N) is 2. The number of halogens is 2. The van der Waals surface area contributed by atoms with Gasteiger partial charge in [0.25, 0.3) is 5.92 Å². The van der Waals surface area contributed by atoms with Crippen molar-refractivity contribution < 1.29 is 18.3 Å². The van der Waals surface area contributed by atoms with Gasteiger partial charge in [-0.1, -0.05) is 30.3 Å². The van der Waals surface area contributed by atoms with Crippen molar-refractivity contribution in [1.29, 1.82) is 0 Å². The highest BCUT2D eigenvalue weighted by Crippen LogP contribution is 2.34. The maximum absolute atomic E-state index is 13.2. The van der Waals surface area contributed by atoms with E-state index in [9.17, 15) is 13.6 Å². The molecule has 0 aliphatic carbocycles. The van der Waals surface area contributed by atoms with Gasteiger partial charge < -0.3 is 10.1 Å². The Bertz CT molecular complexity index is 545. The maximum Gasteiger partial charge on any atom is 0.262 e. The zero-order valence-electron chi connectivity index (χ0n) is 13.0. The third-order valence-corrected chi connectivity index (χ3v) is 4.86. The number of carbonyl (C=O) groups is 1. The molecule has 6 heteroatoms. The van der Waals surface area contributed by atoms with Crippen LogP contribution in [0.2, 0.25) is 0 Å². The Hall–Kier alpha value is -1.53. The van der Waals surface area contributed by atoms with Crippen LogP contribution in [0.4, 0.5) is 8.78 Å². The normalized spacial score (nSPS) is 25.9. The van der Waals surface area contributed by atoms with E-state index < -0.39 is 24.9 Å². The molecule has 0 saturated carbocycles. The van der Waals surface area contributed by atoms with E-state index in [0.29, 0.717) is 19.8 Å². The molecule has 1 aromatic rings. The fourth-order valence-electron chi connectivity index (χ4n) is 3.40. The van der Waals surface area contributed by atoms with Gasteiger partial charge in [-0.15, -0.1) is 0 Å². The van der Waals surface area contributed by atoms with E-state index in [1.54, 1.807) is 0 Å². The molecule has 2 aliphatic rings. The number of hydrogen-bond acceptors (Lipinski definition) is 3. The number of benzene rings is 1. The topological polar surface area (TPSA) is 50.4 Å². The third kappa shape index (κ3) is 3.70. The molecule has 2 saturated heterocycles. The minimum Gasteiger partial charge on any atom is -0.381 e. The quantitative estimate of drug-likeness (QED) is 0.889. The summed E-state index contributed by atoms with van der Waals surface area (Å²) in [6, 6.07) is 9.22. The highest BCUT2D eigenvalue weighted by atomic mass is 19.3. The van der Waals surface area contributed by atoms with E-state index in [4.69, 9.17) is 4.74 Å². The van der Waals surface area contributed by atoms with Gasteiger partial charge in [-0.25, -0.2) is 8.78 Å². The minimum atomic E-state index is -2.79. The molecule has 0 bridgehead atoms. The molecule has 1 aromatic carbocycles. The first-order chi connectivity index (χ1) is 11.0.